The van der Waals surface area contributed by atoms with Crippen LogP contribution in [0, 0.1) is 11.2 Å². The van der Waals surface area contributed by atoms with Gasteiger partial charge in [0.25, 0.3) is 0 Å². The molecule has 0 unspecified atom stereocenters. The van der Waals surface area contributed by atoms with E-state index in [4.69, 9.17) is 9.47 Å². The van der Waals surface area contributed by atoms with Gasteiger partial charge in [0.15, 0.2) is 0 Å². The Balaban J connectivity index is 1.88. The summed E-state index contributed by atoms with van der Waals surface area (Å²) in [6, 6.07) is 18.6. The van der Waals surface area contributed by atoms with Gasteiger partial charge in [-0.2, -0.15) is 0 Å². The van der Waals surface area contributed by atoms with E-state index in [9.17, 15) is 9.18 Å². The Morgan fingerprint density at radius 3 is 2.50 bits per heavy atom. The Morgan fingerprint density at radius 2 is 1.79 bits per heavy atom. The van der Waals surface area contributed by atoms with E-state index in [-0.39, 0.29) is 17.0 Å². The van der Waals surface area contributed by atoms with Gasteiger partial charge in [-0.1, -0.05) is 50.3 Å². The molecule has 0 bridgehead atoms. The van der Waals surface area contributed by atoms with Crippen LogP contribution in [-0.2, 0) is 24.2 Å². The van der Waals surface area contributed by atoms with Crippen LogP contribution in [-0.4, -0.2) is 12.9 Å². The Morgan fingerprint density at radius 1 is 1.00 bits per heavy atom. The number of benzene rings is 3. The molecule has 3 aromatic carbocycles. The molecule has 0 N–H and O–H groups in total. The molecule has 4 heteroatoms. The van der Waals surface area contributed by atoms with Crippen LogP contribution in [0.3, 0.4) is 0 Å². The molecule has 0 heterocycles. The van der Waals surface area contributed by atoms with Crippen molar-refractivity contribution in [1.82, 2.24) is 0 Å². The molecule has 0 aliphatic carbocycles. The Labute approximate surface area is 202 Å². The average molecular weight is 461 g/mol. The fourth-order valence-electron chi connectivity index (χ4n) is 3.82. The number of carbonyl (C=O) groups is 1. The first-order valence-electron chi connectivity index (χ1n) is 11.5. The average Bonchev–Trinajstić information content (AvgIpc) is 2.82. The Kier molecular flexibility index (Phi) is 8.27. The highest BCUT2D eigenvalue weighted by Crippen LogP contribution is 2.34. The molecule has 0 atom stereocenters. The number of aryl methyl sites for hydroxylation is 1. The van der Waals surface area contributed by atoms with Gasteiger partial charge in [-0.3, -0.25) is 0 Å². The fraction of sp³-hybridized carbons (Fsp3) is 0.300. The molecule has 0 saturated heterocycles. The minimum absolute atomic E-state index is 0.158. The van der Waals surface area contributed by atoms with Crippen LogP contribution in [0.15, 0.2) is 73.3 Å². The van der Waals surface area contributed by atoms with E-state index in [0.29, 0.717) is 37.2 Å². The van der Waals surface area contributed by atoms with Gasteiger partial charge < -0.3 is 14.3 Å². The number of hydrogen-bond donors (Lipinski definition) is 0. The number of hydrogen-bond acceptors (Lipinski definition) is 3. The first-order valence-corrected chi connectivity index (χ1v) is 11.5. The minimum atomic E-state index is -0.287. The zero-order chi connectivity index (χ0) is 24.7. The van der Waals surface area contributed by atoms with Gasteiger partial charge in [-0.15, -0.1) is 6.58 Å². The second-order valence-corrected chi connectivity index (χ2v) is 9.34. The predicted molar refractivity (Wildman–Crippen MR) is 136 cm³/mol. The topological polar surface area (TPSA) is 35.5 Å². The SMILES string of the molecule is C=CC(C)(C)Cc1cc(COc2cccc(CCC(C)=O)c2)ccc1-c1cc(OC)ccc1F. The molecule has 0 amide bonds. The maximum Gasteiger partial charge on any atom is 0.131 e. The summed E-state index contributed by atoms with van der Waals surface area (Å²) in [6.45, 7) is 10.2. The van der Waals surface area contributed by atoms with E-state index in [2.05, 4.69) is 26.5 Å². The molecule has 0 aliphatic rings. The first-order chi connectivity index (χ1) is 16.2. The quantitative estimate of drug-likeness (QED) is 0.281. The summed E-state index contributed by atoms with van der Waals surface area (Å²) < 4.78 is 26.2. The van der Waals surface area contributed by atoms with Crippen molar-refractivity contribution in [3.05, 3.63) is 95.8 Å². The lowest BCUT2D eigenvalue weighted by molar-refractivity contribution is -0.116. The van der Waals surface area contributed by atoms with Gasteiger partial charge in [0.05, 0.1) is 7.11 Å². The molecule has 178 valence electrons. The molecule has 3 nitrogen and oxygen atoms in total. The molecule has 0 fully saturated rings. The number of methoxy groups -OCH3 is 1. The molecule has 0 radical (unpaired) electrons. The zero-order valence-corrected chi connectivity index (χ0v) is 20.5. The lowest BCUT2D eigenvalue weighted by Gasteiger charge is -2.23. The number of allylic oxidation sites excluding steroid dienone is 1. The molecule has 0 saturated carbocycles. The zero-order valence-electron chi connectivity index (χ0n) is 20.5. The molecular weight excluding hydrogens is 427 g/mol. The van der Waals surface area contributed by atoms with E-state index in [1.54, 1.807) is 26.2 Å². The summed E-state index contributed by atoms with van der Waals surface area (Å²) in [6.07, 6.45) is 3.85. The highest BCUT2D eigenvalue weighted by atomic mass is 19.1. The summed E-state index contributed by atoms with van der Waals surface area (Å²) in [4.78, 5) is 11.3. The monoisotopic (exact) mass is 460 g/mol. The van der Waals surface area contributed by atoms with E-state index in [1.807, 2.05) is 42.5 Å². The Bertz CT molecular complexity index is 1160. The lowest BCUT2D eigenvalue weighted by atomic mass is 9.82. The van der Waals surface area contributed by atoms with E-state index >= 15 is 0 Å². The van der Waals surface area contributed by atoms with Crippen molar-refractivity contribution >= 4 is 5.78 Å². The Hall–Kier alpha value is -3.40. The van der Waals surface area contributed by atoms with Gasteiger partial charge in [-0.25, -0.2) is 4.39 Å². The van der Waals surface area contributed by atoms with Gasteiger partial charge in [0, 0.05) is 12.0 Å². The lowest BCUT2D eigenvalue weighted by Crippen LogP contribution is -2.12. The molecule has 0 aliphatic heterocycles. The summed E-state index contributed by atoms with van der Waals surface area (Å²) in [5.74, 6) is 1.26. The molecule has 34 heavy (non-hydrogen) atoms. The van der Waals surface area contributed by atoms with Gasteiger partial charge in [-0.05, 0) is 77.8 Å². The summed E-state index contributed by atoms with van der Waals surface area (Å²) in [5, 5.41) is 0. The number of rotatable bonds is 11. The maximum absolute atomic E-state index is 14.8. The minimum Gasteiger partial charge on any atom is -0.497 e. The third-order valence-corrected chi connectivity index (χ3v) is 5.90. The third-order valence-electron chi connectivity index (χ3n) is 5.90. The van der Waals surface area contributed by atoms with E-state index in [0.717, 1.165) is 28.0 Å². The molecule has 3 aromatic rings. The second-order valence-electron chi connectivity index (χ2n) is 9.34. The van der Waals surface area contributed by atoms with Crippen LogP contribution in [0.1, 0.15) is 43.9 Å². The normalized spacial score (nSPS) is 11.2. The highest BCUT2D eigenvalue weighted by molar-refractivity contribution is 5.75. The second kappa shape index (κ2) is 11.1. The van der Waals surface area contributed by atoms with Crippen LogP contribution < -0.4 is 9.47 Å². The van der Waals surface area contributed by atoms with Crippen LogP contribution in [0.2, 0.25) is 0 Å². The van der Waals surface area contributed by atoms with Gasteiger partial charge in [0.2, 0.25) is 0 Å². The van der Waals surface area contributed by atoms with E-state index < -0.39 is 0 Å². The van der Waals surface area contributed by atoms with Gasteiger partial charge in [0.1, 0.15) is 29.7 Å². The van der Waals surface area contributed by atoms with Crippen LogP contribution in [0.25, 0.3) is 11.1 Å². The van der Waals surface area contributed by atoms with Crippen molar-refractivity contribution < 1.29 is 18.7 Å². The van der Waals surface area contributed by atoms with Crippen molar-refractivity contribution in [3.8, 4) is 22.6 Å². The maximum atomic E-state index is 14.8. The van der Waals surface area contributed by atoms with Crippen molar-refractivity contribution in [1.29, 1.82) is 0 Å². The van der Waals surface area contributed by atoms with Gasteiger partial charge >= 0.3 is 0 Å². The van der Waals surface area contributed by atoms with Crippen molar-refractivity contribution in [2.45, 2.75) is 46.6 Å². The highest BCUT2D eigenvalue weighted by Gasteiger charge is 2.19. The fourth-order valence-corrected chi connectivity index (χ4v) is 3.82. The summed E-state index contributed by atoms with van der Waals surface area (Å²) in [7, 11) is 1.58. The number of carbonyl (C=O) groups excluding carboxylic acids is 1. The summed E-state index contributed by atoms with van der Waals surface area (Å²) in [5.41, 5.74) is 4.28. The smallest absolute Gasteiger partial charge is 0.131 e. The largest absolute Gasteiger partial charge is 0.497 e. The number of ketones is 1. The van der Waals surface area contributed by atoms with Crippen LogP contribution in [0.4, 0.5) is 4.39 Å². The number of ether oxygens (including phenoxy) is 2. The molecule has 3 rings (SSSR count). The molecule has 0 aromatic heterocycles. The number of halogens is 1. The van der Waals surface area contributed by atoms with Crippen molar-refractivity contribution in [3.63, 3.8) is 0 Å². The summed E-state index contributed by atoms with van der Waals surface area (Å²) >= 11 is 0. The van der Waals surface area contributed by atoms with Crippen LogP contribution >= 0.6 is 0 Å². The molecular formula is C30H33FO3. The molecule has 0 spiro atoms. The van der Waals surface area contributed by atoms with Crippen LogP contribution in [0.5, 0.6) is 11.5 Å². The predicted octanol–water partition coefficient (Wildman–Crippen LogP) is 7.36. The first kappa shape index (κ1) is 25.2. The van der Waals surface area contributed by atoms with E-state index in [1.165, 1.54) is 6.07 Å². The van der Waals surface area contributed by atoms with Crippen molar-refractivity contribution in [2.24, 2.45) is 5.41 Å². The third kappa shape index (κ3) is 6.80. The number of Topliss-reactive ketones (excluding diaryl/α,β-unsaturated/α-hetero) is 1. The van der Waals surface area contributed by atoms with Crippen molar-refractivity contribution in [2.75, 3.05) is 7.11 Å². The standard InChI is InChI=1S/C30H33FO3/c1-6-30(3,4)19-24-16-23(12-14-27(24)28-18-25(33-5)13-15-29(28)31)20-34-26-9-7-8-22(17-26)11-10-21(2)32/h6-9,12-18H,1,10-11,19-20H2,2-5H3.